The van der Waals surface area contributed by atoms with Gasteiger partial charge in [-0.2, -0.15) is 0 Å². The van der Waals surface area contributed by atoms with E-state index in [-0.39, 0.29) is 29.5 Å². The van der Waals surface area contributed by atoms with E-state index in [2.05, 4.69) is 20.6 Å². The van der Waals surface area contributed by atoms with Crippen molar-refractivity contribution in [3.05, 3.63) is 41.2 Å². The fourth-order valence-corrected chi connectivity index (χ4v) is 3.94. The number of nitrogens with zero attached hydrogens (tertiary/aromatic N) is 3. The van der Waals surface area contributed by atoms with Crippen LogP contribution in [0, 0.1) is 0 Å². The molecule has 2 aromatic rings. The number of carbonyl (C=O) groups is 2. The number of fused-ring (bicyclic) bond motifs is 1. The third kappa shape index (κ3) is 3.86. The molecule has 6 N–H and O–H groups in total. The molecule has 0 bridgehead atoms. The molecule has 0 radical (unpaired) electrons. The summed E-state index contributed by atoms with van der Waals surface area (Å²) in [6, 6.07) is 5.60. The molecule has 2 atom stereocenters. The van der Waals surface area contributed by atoms with Crippen molar-refractivity contribution in [1.29, 1.82) is 0 Å². The van der Waals surface area contributed by atoms with E-state index in [1.165, 1.54) is 6.20 Å². The molecule has 2 amide bonds. The molecule has 1 fully saturated rings. The molecule has 1 aromatic heterocycles. The summed E-state index contributed by atoms with van der Waals surface area (Å²) in [4.78, 5) is 34.3. The van der Waals surface area contributed by atoms with Gasteiger partial charge in [0.15, 0.2) is 11.5 Å². The average molecular weight is 395 g/mol. The fourth-order valence-electron chi connectivity index (χ4n) is 3.94. The monoisotopic (exact) mass is 395 g/mol. The number of rotatable bonds is 5. The molecule has 0 unspecified atom stereocenters. The summed E-state index contributed by atoms with van der Waals surface area (Å²) in [7, 11) is 1.76. The summed E-state index contributed by atoms with van der Waals surface area (Å²) in [6.45, 7) is 0.541. The number of hydrogen-bond donors (Lipinski definition) is 4. The summed E-state index contributed by atoms with van der Waals surface area (Å²) < 4.78 is 0. The Morgan fingerprint density at radius 3 is 2.83 bits per heavy atom. The first-order valence-electron chi connectivity index (χ1n) is 9.77. The smallest absolute Gasteiger partial charge is 0.271 e. The number of primary amides is 1. The van der Waals surface area contributed by atoms with Crippen LogP contribution >= 0.6 is 0 Å². The molecule has 9 heteroatoms. The van der Waals surface area contributed by atoms with Gasteiger partial charge in [-0.3, -0.25) is 9.59 Å². The third-order valence-electron chi connectivity index (χ3n) is 5.51. The van der Waals surface area contributed by atoms with E-state index in [0.29, 0.717) is 23.6 Å². The lowest BCUT2D eigenvalue weighted by molar-refractivity contribution is 0.0816. The molecular weight excluding hydrogens is 370 g/mol. The second kappa shape index (κ2) is 7.67. The first-order valence-corrected chi connectivity index (χ1v) is 9.77. The van der Waals surface area contributed by atoms with Gasteiger partial charge in [0.2, 0.25) is 0 Å². The highest BCUT2D eigenvalue weighted by Gasteiger charge is 2.25. The van der Waals surface area contributed by atoms with Crippen LogP contribution in [0.1, 0.15) is 52.1 Å². The van der Waals surface area contributed by atoms with Crippen molar-refractivity contribution in [3.63, 3.8) is 0 Å². The van der Waals surface area contributed by atoms with E-state index in [4.69, 9.17) is 11.5 Å². The summed E-state index contributed by atoms with van der Waals surface area (Å²) in [6.07, 6.45) is 5.69. The Balaban J connectivity index is 1.59. The lowest BCUT2D eigenvalue weighted by atomic mass is 9.91. The zero-order valence-electron chi connectivity index (χ0n) is 16.3. The summed E-state index contributed by atoms with van der Waals surface area (Å²) in [5.74, 6) is 0.136. The Morgan fingerprint density at radius 1 is 1.28 bits per heavy atom. The second-order valence-electron chi connectivity index (χ2n) is 7.67. The number of aromatic nitrogens is 2. The number of anilines is 3. The van der Waals surface area contributed by atoms with E-state index in [1.54, 1.807) is 24.1 Å². The number of nitrogens with two attached hydrogens (primary N) is 2. The van der Waals surface area contributed by atoms with Gasteiger partial charge in [-0.25, -0.2) is 9.97 Å². The van der Waals surface area contributed by atoms with Crippen molar-refractivity contribution < 1.29 is 9.59 Å². The van der Waals surface area contributed by atoms with Crippen LogP contribution in [0.4, 0.5) is 17.3 Å². The highest BCUT2D eigenvalue weighted by Crippen LogP contribution is 2.27. The maximum absolute atomic E-state index is 12.1. The van der Waals surface area contributed by atoms with Gasteiger partial charge in [0.25, 0.3) is 11.8 Å². The van der Waals surface area contributed by atoms with Gasteiger partial charge >= 0.3 is 0 Å². The Morgan fingerprint density at radius 2 is 2.07 bits per heavy atom. The SMILES string of the molecule is CN1Cc2cc(Nc3nc(N[C@@H]4CCCC[C@@H]4N)cnc3C(N)=O)ccc2C1=O. The highest BCUT2D eigenvalue weighted by molar-refractivity contribution is 5.99. The normalized spacial score (nSPS) is 21.0. The number of hydrogen-bond acceptors (Lipinski definition) is 7. The third-order valence-corrected chi connectivity index (χ3v) is 5.51. The van der Waals surface area contributed by atoms with Crippen LogP contribution in [0.15, 0.2) is 24.4 Å². The fraction of sp³-hybridized carbons (Fsp3) is 0.400. The quantitative estimate of drug-likeness (QED) is 0.603. The van der Waals surface area contributed by atoms with Gasteiger partial charge in [-0.05, 0) is 36.6 Å². The molecule has 1 aromatic carbocycles. The Bertz CT molecular complexity index is 962. The van der Waals surface area contributed by atoms with Crippen LogP contribution in [0.25, 0.3) is 0 Å². The Hall–Kier alpha value is -3.20. The number of nitrogens with one attached hydrogen (secondary N) is 2. The molecule has 1 aliphatic carbocycles. The summed E-state index contributed by atoms with van der Waals surface area (Å²) in [5.41, 5.74) is 14.0. The van der Waals surface area contributed by atoms with Crippen molar-refractivity contribution in [1.82, 2.24) is 14.9 Å². The van der Waals surface area contributed by atoms with E-state index in [0.717, 1.165) is 31.2 Å². The lowest BCUT2D eigenvalue weighted by Gasteiger charge is -2.29. The van der Waals surface area contributed by atoms with E-state index in [9.17, 15) is 9.59 Å². The van der Waals surface area contributed by atoms with Crippen molar-refractivity contribution in [2.75, 3.05) is 17.7 Å². The first-order chi connectivity index (χ1) is 13.9. The highest BCUT2D eigenvalue weighted by atomic mass is 16.2. The number of benzene rings is 1. The zero-order chi connectivity index (χ0) is 20.5. The summed E-state index contributed by atoms with van der Waals surface area (Å²) >= 11 is 0. The average Bonchev–Trinajstić information content (AvgIpc) is 2.97. The van der Waals surface area contributed by atoms with Gasteiger partial charge in [-0.1, -0.05) is 12.8 Å². The predicted molar refractivity (Wildman–Crippen MR) is 110 cm³/mol. The molecule has 29 heavy (non-hydrogen) atoms. The molecule has 4 rings (SSSR count). The minimum Gasteiger partial charge on any atom is -0.364 e. The maximum Gasteiger partial charge on any atom is 0.271 e. The number of amides is 2. The standard InChI is InChI=1S/C20H25N7O2/c1-27-10-11-8-12(6-7-13(11)20(27)29)24-19-17(18(22)28)23-9-16(26-19)25-15-5-3-2-4-14(15)21/h6-9,14-15H,2-5,10,21H2,1H3,(H2,22,28)(H2,24,25,26)/t14-,15+/m0/s1. The molecule has 2 heterocycles. The Kier molecular flexibility index (Phi) is 5.06. The topological polar surface area (TPSA) is 139 Å². The van der Waals surface area contributed by atoms with Gasteiger partial charge in [0.05, 0.1) is 6.20 Å². The van der Waals surface area contributed by atoms with E-state index >= 15 is 0 Å². The molecule has 152 valence electrons. The molecule has 1 saturated carbocycles. The summed E-state index contributed by atoms with van der Waals surface area (Å²) in [5, 5.41) is 6.46. The zero-order valence-corrected chi connectivity index (χ0v) is 16.3. The molecule has 9 nitrogen and oxygen atoms in total. The largest absolute Gasteiger partial charge is 0.364 e. The Labute approximate surface area is 168 Å². The van der Waals surface area contributed by atoms with Crippen LogP contribution in [0.5, 0.6) is 0 Å². The van der Waals surface area contributed by atoms with Crippen molar-refractivity contribution in [2.45, 2.75) is 44.3 Å². The number of carbonyl (C=O) groups excluding carboxylic acids is 2. The van der Waals surface area contributed by atoms with Gasteiger partial charge < -0.3 is 27.0 Å². The molecule has 1 aliphatic heterocycles. The molecular formula is C20H25N7O2. The van der Waals surface area contributed by atoms with Crippen LogP contribution in [-0.4, -0.2) is 45.8 Å². The van der Waals surface area contributed by atoms with E-state index < -0.39 is 5.91 Å². The molecule has 0 spiro atoms. The van der Waals surface area contributed by atoms with Gasteiger partial charge in [0.1, 0.15) is 5.82 Å². The van der Waals surface area contributed by atoms with Crippen molar-refractivity contribution >= 4 is 29.1 Å². The molecule has 2 aliphatic rings. The van der Waals surface area contributed by atoms with Crippen molar-refractivity contribution in [3.8, 4) is 0 Å². The van der Waals surface area contributed by atoms with Gasteiger partial charge in [0, 0.05) is 36.9 Å². The van der Waals surface area contributed by atoms with Crippen molar-refractivity contribution in [2.24, 2.45) is 11.5 Å². The van der Waals surface area contributed by atoms with E-state index in [1.807, 2.05) is 6.07 Å². The lowest BCUT2D eigenvalue weighted by Crippen LogP contribution is -2.42. The predicted octanol–water partition coefficient (Wildman–Crippen LogP) is 1.59. The second-order valence-corrected chi connectivity index (χ2v) is 7.67. The minimum atomic E-state index is -0.669. The maximum atomic E-state index is 12.1. The van der Waals surface area contributed by atoms with Crippen LogP contribution in [0.3, 0.4) is 0 Å². The van der Waals surface area contributed by atoms with Crippen LogP contribution in [0.2, 0.25) is 0 Å². The minimum absolute atomic E-state index is 0.000755. The van der Waals surface area contributed by atoms with Gasteiger partial charge in [-0.15, -0.1) is 0 Å². The first kappa shape index (κ1) is 19.1. The van der Waals surface area contributed by atoms with Crippen LogP contribution < -0.4 is 22.1 Å². The van der Waals surface area contributed by atoms with Crippen LogP contribution in [-0.2, 0) is 6.54 Å². The molecule has 0 saturated heterocycles.